The Hall–Kier alpha value is -3.24. The second-order valence-electron chi connectivity index (χ2n) is 8.75. The van der Waals surface area contributed by atoms with Crippen molar-refractivity contribution in [1.82, 2.24) is 20.2 Å². The molecule has 2 amide bonds. The number of amides is 2. The number of carboxylic acids is 1. The van der Waals surface area contributed by atoms with E-state index in [1.807, 2.05) is 43.0 Å². The number of aromatic nitrogens is 2. The first-order chi connectivity index (χ1) is 16.3. The van der Waals surface area contributed by atoms with Crippen molar-refractivity contribution in [2.24, 2.45) is 5.92 Å². The monoisotopic (exact) mass is 483 g/mol. The van der Waals surface area contributed by atoms with E-state index in [0.29, 0.717) is 24.6 Å². The average molecular weight is 484 g/mol. The van der Waals surface area contributed by atoms with Crippen molar-refractivity contribution in [3.8, 4) is 0 Å². The first-order valence-electron chi connectivity index (χ1n) is 11.3. The molecule has 3 aromatic rings. The third kappa shape index (κ3) is 5.63. The Morgan fingerprint density at radius 3 is 2.82 bits per heavy atom. The molecule has 3 heterocycles. The quantitative estimate of drug-likeness (QED) is 0.390. The van der Waals surface area contributed by atoms with Gasteiger partial charge in [-0.3, -0.25) is 14.5 Å². The number of rotatable bonds is 8. The van der Waals surface area contributed by atoms with Crippen LogP contribution in [0.3, 0.4) is 0 Å². The third-order valence-corrected chi connectivity index (χ3v) is 7.22. The molecule has 1 aliphatic rings. The number of aliphatic carboxylic acids is 1. The number of hydrogen-bond donors (Lipinski definition) is 4. The van der Waals surface area contributed by atoms with Gasteiger partial charge >= 0.3 is 5.97 Å². The van der Waals surface area contributed by atoms with Crippen molar-refractivity contribution >= 4 is 45.2 Å². The van der Waals surface area contributed by atoms with Gasteiger partial charge in [-0.15, -0.1) is 11.3 Å². The van der Waals surface area contributed by atoms with Crippen LogP contribution in [0.25, 0.3) is 10.9 Å². The molecule has 10 heteroatoms. The molecule has 4 rings (SSSR count). The summed E-state index contributed by atoms with van der Waals surface area (Å²) in [4.78, 5) is 47.8. The molecule has 0 aliphatic carbocycles. The van der Waals surface area contributed by atoms with Gasteiger partial charge in [-0.05, 0) is 44.9 Å². The molecule has 2 atom stereocenters. The Kier molecular flexibility index (Phi) is 7.28. The zero-order valence-corrected chi connectivity index (χ0v) is 20.1. The van der Waals surface area contributed by atoms with Crippen LogP contribution in [0.2, 0.25) is 0 Å². The largest absolute Gasteiger partial charge is 0.480 e. The average Bonchev–Trinajstić information content (AvgIpc) is 3.35. The molecular formula is C24H29N5O4S. The SMILES string of the molecule is Cc1nc(NC(=O)CN2CCCC(C(=O)NC(Cc3c[nH]c4ccccc34)C(=O)O)C2)sc1C. The van der Waals surface area contributed by atoms with Gasteiger partial charge in [0.2, 0.25) is 11.8 Å². The van der Waals surface area contributed by atoms with Crippen molar-refractivity contribution in [3.05, 3.63) is 46.6 Å². The number of likely N-dealkylation sites (tertiary alicyclic amines) is 1. The number of thiazole rings is 1. The van der Waals surface area contributed by atoms with Crippen LogP contribution >= 0.6 is 11.3 Å². The number of carbonyl (C=O) groups excluding carboxylic acids is 2. The number of benzene rings is 1. The van der Waals surface area contributed by atoms with Gasteiger partial charge in [0.05, 0.1) is 18.2 Å². The van der Waals surface area contributed by atoms with Crippen molar-refractivity contribution in [2.75, 3.05) is 25.0 Å². The molecule has 1 saturated heterocycles. The fraction of sp³-hybridized carbons (Fsp3) is 0.417. The number of piperidine rings is 1. The first kappa shape index (κ1) is 23.9. The van der Waals surface area contributed by atoms with E-state index in [-0.39, 0.29) is 30.7 Å². The van der Waals surface area contributed by atoms with Crippen molar-refractivity contribution in [2.45, 2.75) is 39.2 Å². The summed E-state index contributed by atoms with van der Waals surface area (Å²) in [6.07, 6.45) is 3.41. The highest BCUT2D eigenvalue weighted by Gasteiger charge is 2.30. The van der Waals surface area contributed by atoms with Crippen LogP contribution in [-0.2, 0) is 20.8 Å². The number of carboxylic acid groups (broad SMARTS) is 1. The second-order valence-corrected chi connectivity index (χ2v) is 9.95. The fourth-order valence-electron chi connectivity index (χ4n) is 4.31. The number of fused-ring (bicyclic) bond motifs is 1. The van der Waals surface area contributed by atoms with E-state index in [1.54, 1.807) is 6.20 Å². The molecule has 1 fully saturated rings. The van der Waals surface area contributed by atoms with Crippen LogP contribution in [0.15, 0.2) is 30.5 Å². The fourth-order valence-corrected chi connectivity index (χ4v) is 5.14. The zero-order valence-electron chi connectivity index (χ0n) is 19.3. The minimum atomic E-state index is -1.07. The van der Waals surface area contributed by atoms with Crippen molar-refractivity contribution < 1.29 is 19.5 Å². The maximum absolute atomic E-state index is 12.9. The van der Waals surface area contributed by atoms with Crippen LogP contribution in [0.1, 0.15) is 29.0 Å². The number of carbonyl (C=O) groups is 3. The summed E-state index contributed by atoms with van der Waals surface area (Å²) in [5.74, 6) is -1.89. The van der Waals surface area contributed by atoms with E-state index in [4.69, 9.17) is 0 Å². The summed E-state index contributed by atoms with van der Waals surface area (Å²) in [5, 5.41) is 16.8. The van der Waals surface area contributed by atoms with Gasteiger partial charge in [0.1, 0.15) is 6.04 Å². The number of hydrogen-bond acceptors (Lipinski definition) is 6. The van der Waals surface area contributed by atoms with E-state index >= 15 is 0 Å². The Labute approximate surface area is 201 Å². The standard InChI is InChI=1S/C24H29N5O4S/c1-14-15(2)34-24(26-14)28-21(30)13-29-9-5-6-16(12-29)22(31)27-20(23(32)33)10-17-11-25-19-8-4-3-7-18(17)19/h3-4,7-8,11,16,20,25H,5-6,9-10,12-13H2,1-2H3,(H,27,31)(H,32,33)(H,26,28,30). The van der Waals surface area contributed by atoms with Crippen LogP contribution in [0.5, 0.6) is 0 Å². The van der Waals surface area contributed by atoms with Gasteiger partial charge < -0.3 is 20.7 Å². The summed E-state index contributed by atoms with van der Waals surface area (Å²) in [6.45, 7) is 5.15. The number of nitrogens with one attached hydrogen (secondary N) is 3. The Morgan fingerprint density at radius 2 is 2.09 bits per heavy atom. The molecule has 9 nitrogen and oxygen atoms in total. The molecule has 2 aromatic heterocycles. The van der Waals surface area contributed by atoms with Gasteiger partial charge in [-0.2, -0.15) is 0 Å². The molecular weight excluding hydrogens is 454 g/mol. The summed E-state index contributed by atoms with van der Waals surface area (Å²) < 4.78 is 0. The van der Waals surface area contributed by atoms with Crippen molar-refractivity contribution in [1.29, 1.82) is 0 Å². The number of para-hydroxylation sites is 1. The minimum Gasteiger partial charge on any atom is -0.480 e. The smallest absolute Gasteiger partial charge is 0.326 e. The molecule has 0 radical (unpaired) electrons. The predicted molar refractivity (Wildman–Crippen MR) is 131 cm³/mol. The minimum absolute atomic E-state index is 0.166. The topological polar surface area (TPSA) is 127 Å². The third-order valence-electron chi connectivity index (χ3n) is 6.23. The Morgan fingerprint density at radius 1 is 1.29 bits per heavy atom. The van der Waals surface area contributed by atoms with E-state index in [0.717, 1.165) is 33.5 Å². The molecule has 1 aliphatic heterocycles. The van der Waals surface area contributed by atoms with Crippen LogP contribution in [0.4, 0.5) is 5.13 Å². The molecule has 4 N–H and O–H groups in total. The summed E-state index contributed by atoms with van der Waals surface area (Å²) in [6, 6.07) is 6.64. The first-order valence-corrected chi connectivity index (χ1v) is 12.2. The molecule has 180 valence electrons. The number of aryl methyl sites for hydroxylation is 2. The van der Waals surface area contributed by atoms with Gasteiger partial charge in [0, 0.05) is 34.9 Å². The summed E-state index contributed by atoms with van der Waals surface area (Å²) >= 11 is 1.44. The lowest BCUT2D eigenvalue weighted by atomic mass is 9.96. The molecule has 34 heavy (non-hydrogen) atoms. The highest BCUT2D eigenvalue weighted by Crippen LogP contribution is 2.22. The van der Waals surface area contributed by atoms with Gasteiger partial charge in [0.25, 0.3) is 0 Å². The highest BCUT2D eigenvalue weighted by molar-refractivity contribution is 7.15. The predicted octanol–water partition coefficient (Wildman–Crippen LogP) is 2.70. The van der Waals surface area contributed by atoms with E-state index < -0.39 is 12.0 Å². The van der Waals surface area contributed by atoms with Crippen LogP contribution in [0, 0.1) is 19.8 Å². The summed E-state index contributed by atoms with van der Waals surface area (Å²) in [7, 11) is 0. The Balaban J connectivity index is 1.33. The normalized spacial score (nSPS) is 17.4. The molecule has 1 aromatic carbocycles. The lowest BCUT2D eigenvalue weighted by Gasteiger charge is -2.32. The number of aromatic amines is 1. The molecule has 2 unspecified atom stereocenters. The van der Waals surface area contributed by atoms with Gasteiger partial charge in [0.15, 0.2) is 5.13 Å². The molecule has 0 bridgehead atoms. The van der Waals surface area contributed by atoms with Crippen LogP contribution in [-0.4, -0.2) is 63.4 Å². The van der Waals surface area contributed by atoms with E-state index in [1.165, 1.54) is 11.3 Å². The molecule has 0 spiro atoms. The lowest BCUT2D eigenvalue weighted by molar-refractivity contribution is -0.142. The lowest BCUT2D eigenvalue weighted by Crippen LogP contribution is -2.50. The number of anilines is 1. The maximum atomic E-state index is 12.9. The second kappa shape index (κ2) is 10.4. The molecule has 0 saturated carbocycles. The zero-order chi connectivity index (χ0) is 24.2. The number of nitrogens with zero attached hydrogens (tertiary/aromatic N) is 2. The summed E-state index contributed by atoms with van der Waals surface area (Å²) in [5.41, 5.74) is 2.67. The van der Waals surface area contributed by atoms with Crippen LogP contribution < -0.4 is 10.6 Å². The van der Waals surface area contributed by atoms with Crippen molar-refractivity contribution in [3.63, 3.8) is 0 Å². The van der Waals surface area contributed by atoms with E-state index in [2.05, 4.69) is 20.6 Å². The van der Waals surface area contributed by atoms with Gasteiger partial charge in [-0.25, -0.2) is 9.78 Å². The van der Waals surface area contributed by atoms with Gasteiger partial charge in [-0.1, -0.05) is 18.2 Å². The van der Waals surface area contributed by atoms with E-state index in [9.17, 15) is 19.5 Å². The number of H-pyrrole nitrogens is 1. The Bertz CT molecular complexity index is 1180. The maximum Gasteiger partial charge on any atom is 0.326 e. The highest BCUT2D eigenvalue weighted by atomic mass is 32.1.